The number of carbonyl (C=O) groups excluding carboxylic acids is 4. The van der Waals surface area contributed by atoms with Crippen molar-refractivity contribution in [2.45, 2.75) is 432 Å². The number of esters is 4. The van der Waals surface area contributed by atoms with Crippen LogP contribution in [0.15, 0.2) is 24.3 Å². The van der Waals surface area contributed by atoms with E-state index in [0.29, 0.717) is 25.7 Å². The maximum absolute atomic E-state index is 13.1. The van der Waals surface area contributed by atoms with E-state index in [1.165, 1.54) is 212 Å². The third-order valence-corrected chi connectivity index (χ3v) is 20.7. The van der Waals surface area contributed by atoms with Crippen LogP contribution in [0.5, 0.6) is 0 Å². The number of ether oxygens (including phenoxy) is 4. The number of hydrogen-bond donors (Lipinski definition) is 3. The van der Waals surface area contributed by atoms with E-state index in [0.717, 1.165) is 121 Å². The first-order valence-electron chi connectivity index (χ1n) is 42.3. The predicted octanol–water partition coefficient (Wildman–Crippen LogP) is 24.6. The molecule has 0 aromatic rings. The van der Waals surface area contributed by atoms with Gasteiger partial charge in [0.15, 0.2) is 12.2 Å². The zero-order valence-electron chi connectivity index (χ0n) is 66.4. The Balaban J connectivity index is 5.28. The van der Waals surface area contributed by atoms with Crippen molar-refractivity contribution in [2.24, 2.45) is 11.8 Å². The van der Waals surface area contributed by atoms with Crippen molar-refractivity contribution in [1.82, 2.24) is 0 Å². The van der Waals surface area contributed by atoms with Gasteiger partial charge in [-0.2, -0.15) is 0 Å². The molecular formula is C83H158O17P2. The van der Waals surface area contributed by atoms with Crippen LogP contribution in [0, 0.1) is 11.8 Å². The van der Waals surface area contributed by atoms with E-state index in [1.54, 1.807) is 0 Å². The molecule has 0 rings (SSSR count). The molecule has 0 aliphatic heterocycles. The second-order valence-corrected chi connectivity index (χ2v) is 33.0. The standard InChI is InChI=1S/C83H158O17P2/c1-7-9-11-13-15-17-19-21-23-24-29-32-36-40-47-53-59-65-80(85)93-71-78(99-82(87)68-62-56-50-42-38-34-30-26-25-28-31-35-39-45-51-57-63-75(3)4)73-97-101(89,90)95-69-77(84)70-96-102(91,92)98-74-79(72-94-81(86)66-60-54-48-44-43-46-52-58-64-76(5)6)100-83(88)67-61-55-49-41-37-33-27-22-20-18-16-14-12-10-8-2/h18,20,22,27,75-79,84H,7-17,19,21,23-26,28-74H2,1-6H3,(H,89,90)(H,91,92)/b20-18-,27-22-/t77-,78-,79-/m1/s1. The monoisotopic (exact) mass is 1490 g/mol. The molecule has 602 valence electrons. The Kier molecular flexibility index (Phi) is 72.2. The first-order valence-corrected chi connectivity index (χ1v) is 45.3. The van der Waals surface area contributed by atoms with Gasteiger partial charge in [-0.25, -0.2) is 9.13 Å². The summed E-state index contributed by atoms with van der Waals surface area (Å²) < 4.78 is 68.7. The third-order valence-electron chi connectivity index (χ3n) is 18.8. The number of phosphoric acid groups is 2. The number of phosphoric ester groups is 2. The maximum atomic E-state index is 13.1. The molecule has 0 aromatic heterocycles. The van der Waals surface area contributed by atoms with Crippen molar-refractivity contribution >= 4 is 39.5 Å². The summed E-state index contributed by atoms with van der Waals surface area (Å²) in [7, 11) is -9.94. The zero-order chi connectivity index (χ0) is 74.9. The lowest BCUT2D eigenvalue weighted by Crippen LogP contribution is -2.30. The molecule has 0 saturated carbocycles. The molecule has 3 N–H and O–H groups in total. The number of unbranched alkanes of at least 4 members (excludes halogenated alkanes) is 47. The molecule has 0 saturated heterocycles. The quantitative estimate of drug-likeness (QED) is 0.0169. The van der Waals surface area contributed by atoms with Gasteiger partial charge in [0.1, 0.15) is 19.3 Å². The van der Waals surface area contributed by atoms with Crippen LogP contribution in [-0.2, 0) is 65.4 Å². The van der Waals surface area contributed by atoms with Gasteiger partial charge in [0.2, 0.25) is 0 Å². The topological polar surface area (TPSA) is 237 Å². The molecule has 102 heavy (non-hydrogen) atoms. The van der Waals surface area contributed by atoms with Gasteiger partial charge in [0, 0.05) is 25.7 Å². The first kappa shape index (κ1) is 99.5. The molecular weight excluding hydrogens is 1330 g/mol. The fourth-order valence-corrected chi connectivity index (χ4v) is 13.9. The molecule has 5 atom stereocenters. The molecule has 0 radical (unpaired) electrons. The highest BCUT2D eigenvalue weighted by atomic mass is 31.2. The summed E-state index contributed by atoms with van der Waals surface area (Å²) in [6.45, 7) is 9.57. The minimum absolute atomic E-state index is 0.0847. The normalized spacial score (nSPS) is 14.0. The summed E-state index contributed by atoms with van der Waals surface area (Å²) in [6, 6.07) is 0. The highest BCUT2D eigenvalue weighted by molar-refractivity contribution is 7.47. The Morgan fingerprint density at radius 1 is 0.304 bits per heavy atom. The molecule has 17 nitrogen and oxygen atoms in total. The molecule has 0 aliphatic rings. The number of aliphatic hydroxyl groups is 1. The molecule has 0 aromatic carbocycles. The van der Waals surface area contributed by atoms with E-state index in [9.17, 15) is 43.2 Å². The highest BCUT2D eigenvalue weighted by Gasteiger charge is 2.30. The predicted molar refractivity (Wildman–Crippen MR) is 418 cm³/mol. The van der Waals surface area contributed by atoms with Crippen LogP contribution < -0.4 is 0 Å². The van der Waals surface area contributed by atoms with Crippen LogP contribution in [0.1, 0.15) is 414 Å². The van der Waals surface area contributed by atoms with E-state index < -0.39 is 97.5 Å². The van der Waals surface area contributed by atoms with Crippen LogP contribution in [0.3, 0.4) is 0 Å². The Bertz CT molecular complexity index is 2050. The van der Waals surface area contributed by atoms with Crippen molar-refractivity contribution in [3.8, 4) is 0 Å². The van der Waals surface area contributed by atoms with Crippen LogP contribution >= 0.6 is 15.6 Å². The first-order chi connectivity index (χ1) is 49.4. The Morgan fingerprint density at radius 3 is 0.804 bits per heavy atom. The average molecular weight is 1490 g/mol. The fraction of sp³-hybridized carbons (Fsp3) is 0.904. The number of hydrogen-bond acceptors (Lipinski definition) is 15. The van der Waals surface area contributed by atoms with Crippen molar-refractivity contribution in [3.63, 3.8) is 0 Å². The molecule has 0 heterocycles. The molecule has 0 amide bonds. The van der Waals surface area contributed by atoms with E-state index in [-0.39, 0.29) is 25.7 Å². The van der Waals surface area contributed by atoms with Gasteiger partial charge >= 0.3 is 39.5 Å². The van der Waals surface area contributed by atoms with E-state index >= 15 is 0 Å². The largest absolute Gasteiger partial charge is 0.472 e. The molecule has 0 spiro atoms. The summed E-state index contributed by atoms with van der Waals surface area (Å²) in [5.74, 6) is -0.605. The Hall–Kier alpha value is -2.46. The lowest BCUT2D eigenvalue weighted by atomic mass is 10.0. The van der Waals surface area contributed by atoms with Gasteiger partial charge in [0.05, 0.1) is 26.4 Å². The molecule has 0 aliphatic carbocycles. The second kappa shape index (κ2) is 74.0. The van der Waals surface area contributed by atoms with Gasteiger partial charge in [0.25, 0.3) is 0 Å². The summed E-state index contributed by atoms with van der Waals surface area (Å²) in [5, 5.41) is 10.7. The van der Waals surface area contributed by atoms with Crippen molar-refractivity contribution < 1.29 is 80.2 Å². The number of carbonyl (C=O) groups is 4. The van der Waals surface area contributed by atoms with E-state index in [2.05, 4.69) is 65.8 Å². The lowest BCUT2D eigenvalue weighted by molar-refractivity contribution is -0.161. The minimum Gasteiger partial charge on any atom is -0.462 e. The Labute approximate surface area is 624 Å². The smallest absolute Gasteiger partial charge is 0.462 e. The maximum Gasteiger partial charge on any atom is 0.472 e. The lowest BCUT2D eigenvalue weighted by Gasteiger charge is -2.21. The Morgan fingerprint density at radius 2 is 0.529 bits per heavy atom. The van der Waals surface area contributed by atoms with Crippen LogP contribution in [0.4, 0.5) is 0 Å². The number of aliphatic hydroxyl groups excluding tert-OH is 1. The molecule has 0 bridgehead atoms. The molecule has 19 heteroatoms. The second-order valence-electron chi connectivity index (χ2n) is 30.1. The van der Waals surface area contributed by atoms with Gasteiger partial charge in [-0.3, -0.25) is 37.3 Å². The number of rotatable bonds is 80. The fourth-order valence-electron chi connectivity index (χ4n) is 12.3. The summed E-state index contributed by atoms with van der Waals surface area (Å²) >= 11 is 0. The summed E-state index contributed by atoms with van der Waals surface area (Å²) in [5.41, 5.74) is 0. The van der Waals surface area contributed by atoms with Gasteiger partial charge in [-0.1, -0.05) is 361 Å². The zero-order valence-corrected chi connectivity index (χ0v) is 68.2. The SMILES string of the molecule is CCCCCC/C=C\C=C/CCCCCCCC(=O)O[C@H](COC(=O)CCCCCCCCCCC(C)C)COP(=O)(O)OC[C@H](O)COP(=O)(O)OC[C@@H](COC(=O)CCCCCCCCCCCCCCCCCCC)OC(=O)CCCCCCCCCCCCCCCCCCC(C)C. The molecule has 2 unspecified atom stereocenters. The number of allylic oxidation sites excluding steroid dienone is 4. The van der Waals surface area contributed by atoms with Crippen LogP contribution in [-0.4, -0.2) is 96.7 Å². The summed E-state index contributed by atoms with van der Waals surface area (Å²) in [6.07, 6.45) is 67.4. The highest BCUT2D eigenvalue weighted by Crippen LogP contribution is 2.45. The van der Waals surface area contributed by atoms with E-state index in [4.69, 9.17) is 37.0 Å². The van der Waals surface area contributed by atoms with Gasteiger partial charge in [-0.15, -0.1) is 0 Å². The van der Waals surface area contributed by atoms with Gasteiger partial charge in [-0.05, 0) is 63.2 Å². The third kappa shape index (κ3) is 75.8. The van der Waals surface area contributed by atoms with Crippen molar-refractivity contribution in [3.05, 3.63) is 24.3 Å². The minimum atomic E-state index is -4.97. The average Bonchev–Trinajstić information content (AvgIpc) is 1.08. The van der Waals surface area contributed by atoms with Crippen LogP contribution in [0.2, 0.25) is 0 Å². The molecule has 0 fully saturated rings. The van der Waals surface area contributed by atoms with Gasteiger partial charge < -0.3 is 33.8 Å². The van der Waals surface area contributed by atoms with E-state index in [1.807, 2.05) is 0 Å². The summed E-state index contributed by atoms with van der Waals surface area (Å²) in [4.78, 5) is 73.1. The van der Waals surface area contributed by atoms with Crippen molar-refractivity contribution in [1.29, 1.82) is 0 Å². The van der Waals surface area contributed by atoms with Crippen LogP contribution in [0.25, 0.3) is 0 Å². The van der Waals surface area contributed by atoms with Crippen molar-refractivity contribution in [2.75, 3.05) is 39.6 Å².